The molecule has 0 saturated carbocycles. The molecule has 0 unspecified atom stereocenters. The fourth-order valence-electron chi connectivity index (χ4n) is 5.45. The Bertz CT molecular complexity index is 962. The maximum atomic E-state index is 2.65. The molecule has 0 heterocycles. The number of benzene rings is 3. The van der Waals surface area contributed by atoms with E-state index in [2.05, 4.69) is 99.9 Å². The Kier molecular flexibility index (Phi) is 3.76. The van der Waals surface area contributed by atoms with Crippen LogP contribution in [0.1, 0.15) is 45.2 Å². The molecule has 2 bridgehead atoms. The van der Waals surface area contributed by atoms with Crippen LogP contribution >= 0.6 is 0 Å². The van der Waals surface area contributed by atoms with Crippen molar-refractivity contribution in [1.82, 2.24) is 0 Å². The SMILES string of the molecule is C[Si](C)(C)c1cc2c(cc1[Si](C)(C)C)C1c3ccccc3C2c2ccccc21. The van der Waals surface area contributed by atoms with Gasteiger partial charge >= 0.3 is 0 Å². The van der Waals surface area contributed by atoms with Crippen molar-refractivity contribution in [3.05, 3.63) is 94.0 Å². The summed E-state index contributed by atoms with van der Waals surface area (Å²) in [6.45, 7) is 15.1. The molecular weight excluding hydrogens is 368 g/mol. The first-order chi connectivity index (χ1) is 13.2. The summed E-state index contributed by atoms with van der Waals surface area (Å²) in [5.41, 5.74) is 9.28. The van der Waals surface area contributed by atoms with E-state index in [0.717, 1.165) is 0 Å². The van der Waals surface area contributed by atoms with E-state index in [-0.39, 0.29) is 0 Å². The molecule has 0 spiro atoms. The summed E-state index contributed by atoms with van der Waals surface area (Å²) < 4.78 is 0. The first kappa shape index (κ1) is 18.1. The monoisotopic (exact) mass is 398 g/mol. The van der Waals surface area contributed by atoms with Crippen molar-refractivity contribution >= 4 is 26.5 Å². The van der Waals surface area contributed by atoms with Crippen LogP contribution in [0.5, 0.6) is 0 Å². The summed E-state index contributed by atoms with van der Waals surface area (Å²) in [5.74, 6) is 0.802. The van der Waals surface area contributed by atoms with Gasteiger partial charge in [0.05, 0.1) is 16.1 Å². The average molecular weight is 399 g/mol. The number of hydrogen-bond acceptors (Lipinski definition) is 0. The third-order valence-corrected chi connectivity index (χ3v) is 11.0. The number of rotatable bonds is 2. The molecule has 28 heavy (non-hydrogen) atoms. The quantitative estimate of drug-likeness (QED) is 0.331. The fourth-order valence-corrected chi connectivity index (χ4v) is 10.6. The lowest BCUT2D eigenvalue weighted by molar-refractivity contribution is 0.756. The van der Waals surface area contributed by atoms with Crippen molar-refractivity contribution in [2.45, 2.75) is 51.1 Å². The van der Waals surface area contributed by atoms with Gasteiger partial charge < -0.3 is 0 Å². The maximum Gasteiger partial charge on any atom is 0.0774 e. The Hall–Kier alpha value is -1.91. The van der Waals surface area contributed by atoms with Crippen LogP contribution in [0, 0.1) is 0 Å². The molecule has 0 amide bonds. The molecule has 3 aliphatic rings. The van der Waals surface area contributed by atoms with Gasteiger partial charge in [-0.15, -0.1) is 0 Å². The van der Waals surface area contributed by atoms with Gasteiger partial charge in [-0.3, -0.25) is 0 Å². The molecule has 0 aliphatic heterocycles. The second-order valence-electron chi connectivity index (χ2n) is 10.7. The van der Waals surface area contributed by atoms with Gasteiger partial charge in [-0.1, -0.05) is 110 Å². The molecule has 0 atom stereocenters. The predicted octanol–water partition coefficient (Wildman–Crippen LogP) is 5.76. The molecule has 0 N–H and O–H groups in total. The third kappa shape index (κ3) is 2.47. The zero-order chi connectivity index (χ0) is 19.8. The molecule has 0 aromatic heterocycles. The van der Waals surface area contributed by atoms with Crippen LogP contribution in [0.3, 0.4) is 0 Å². The molecule has 3 aromatic rings. The summed E-state index contributed by atoms with van der Waals surface area (Å²) in [6, 6.07) is 23.7. The van der Waals surface area contributed by atoms with Gasteiger partial charge in [0.1, 0.15) is 0 Å². The Balaban J connectivity index is 1.87. The highest BCUT2D eigenvalue weighted by atomic mass is 28.3. The van der Waals surface area contributed by atoms with Gasteiger partial charge in [-0.2, -0.15) is 0 Å². The van der Waals surface area contributed by atoms with E-state index in [1.54, 1.807) is 21.5 Å². The largest absolute Gasteiger partial charge is 0.0774 e. The topological polar surface area (TPSA) is 0 Å². The van der Waals surface area contributed by atoms with Crippen LogP contribution in [0.4, 0.5) is 0 Å². The predicted molar refractivity (Wildman–Crippen MR) is 127 cm³/mol. The zero-order valence-electron chi connectivity index (χ0n) is 17.9. The maximum absolute atomic E-state index is 2.65. The van der Waals surface area contributed by atoms with Gasteiger partial charge in [0.2, 0.25) is 0 Å². The smallest absolute Gasteiger partial charge is 0.0656 e. The molecule has 0 fully saturated rings. The highest BCUT2D eigenvalue weighted by Gasteiger charge is 2.42. The number of hydrogen-bond donors (Lipinski definition) is 0. The summed E-state index contributed by atoms with van der Waals surface area (Å²) in [7, 11) is -2.85. The van der Waals surface area contributed by atoms with Crippen LogP contribution in [0.15, 0.2) is 60.7 Å². The molecule has 6 rings (SSSR count). The summed E-state index contributed by atoms with van der Waals surface area (Å²) in [5, 5.41) is 3.40. The van der Waals surface area contributed by atoms with Crippen LogP contribution < -0.4 is 10.4 Å². The van der Waals surface area contributed by atoms with Gasteiger partial charge in [-0.05, 0) is 33.4 Å². The van der Waals surface area contributed by atoms with E-state index < -0.39 is 16.1 Å². The molecule has 0 radical (unpaired) electrons. The molecule has 0 nitrogen and oxygen atoms in total. The Labute approximate surface area is 171 Å². The van der Waals surface area contributed by atoms with Crippen molar-refractivity contribution in [3.8, 4) is 0 Å². The van der Waals surface area contributed by atoms with Crippen LogP contribution in [-0.4, -0.2) is 16.1 Å². The lowest BCUT2D eigenvalue weighted by Crippen LogP contribution is -2.57. The third-order valence-electron chi connectivity index (χ3n) is 6.70. The van der Waals surface area contributed by atoms with Gasteiger partial charge in [0.25, 0.3) is 0 Å². The Morgan fingerprint density at radius 2 is 0.750 bits per heavy atom. The van der Waals surface area contributed by atoms with Crippen molar-refractivity contribution in [2.24, 2.45) is 0 Å². The zero-order valence-corrected chi connectivity index (χ0v) is 19.9. The van der Waals surface area contributed by atoms with Crippen molar-refractivity contribution in [3.63, 3.8) is 0 Å². The van der Waals surface area contributed by atoms with Crippen LogP contribution in [0.25, 0.3) is 0 Å². The van der Waals surface area contributed by atoms with E-state index in [4.69, 9.17) is 0 Å². The van der Waals surface area contributed by atoms with Crippen LogP contribution in [0.2, 0.25) is 39.3 Å². The Morgan fingerprint density at radius 3 is 1.00 bits per heavy atom. The second kappa shape index (κ2) is 5.81. The average Bonchev–Trinajstić information content (AvgIpc) is 2.65. The molecule has 3 aliphatic carbocycles. The van der Waals surface area contributed by atoms with E-state index >= 15 is 0 Å². The Morgan fingerprint density at radius 1 is 0.464 bits per heavy atom. The van der Waals surface area contributed by atoms with E-state index in [9.17, 15) is 0 Å². The van der Waals surface area contributed by atoms with E-state index in [1.807, 2.05) is 0 Å². The van der Waals surface area contributed by atoms with E-state index in [1.165, 1.54) is 22.3 Å². The summed E-state index contributed by atoms with van der Waals surface area (Å²) >= 11 is 0. The van der Waals surface area contributed by atoms with Crippen molar-refractivity contribution < 1.29 is 0 Å². The molecule has 0 saturated heterocycles. The van der Waals surface area contributed by atoms with E-state index in [0.29, 0.717) is 11.8 Å². The van der Waals surface area contributed by atoms with Crippen molar-refractivity contribution in [1.29, 1.82) is 0 Å². The first-order valence-electron chi connectivity index (χ1n) is 10.5. The minimum Gasteiger partial charge on any atom is -0.0656 e. The minimum atomic E-state index is -1.42. The first-order valence-corrected chi connectivity index (χ1v) is 17.5. The molecule has 2 heteroatoms. The summed E-state index contributed by atoms with van der Waals surface area (Å²) in [4.78, 5) is 0. The second-order valence-corrected chi connectivity index (χ2v) is 20.7. The normalized spacial score (nSPS) is 19.8. The lowest BCUT2D eigenvalue weighted by atomic mass is 9.61. The highest BCUT2D eigenvalue weighted by molar-refractivity contribution is 6.98. The molecule has 142 valence electrons. The van der Waals surface area contributed by atoms with Gasteiger partial charge in [0, 0.05) is 11.8 Å². The van der Waals surface area contributed by atoms with Gasteiger partial charge in [-0.25, -0.2) is 0 Å². The lowest BCUT2D eigenvalue weighted by Gasteiger charge is -2.44. The van der Waals surface area contributed by atoms with Crippen LogP contribution in [-0.2, 0) is 0 Å². The highest BCUT2D eigenvalue weighted by Crippen LogP contribution is 2.55. The summed E-state index contributed by atoms with van der Waals surface area (Å²) in [6.07, 6.45) is 0. The molecular formula is C26H30Si2. The minimum absolute atomic E-state index is 0.401. The molecule has 3 aromatic carbocycles. The standard InChI is InChI=1S/C26H30Si2/c1-27(2,3)23-15-21-22(16-24(23)28(4,5)6)26-19-13-9-7-11-17(19)25(21)18-12-8-10-14-20(18)26/h7-16,25-26H,1-6H3. The fraction of sp³-hybridized carbons (Fsp3) is 0.308. The van der Waals surface area contributed by atoms with Crippen molar-refractivity contribution in [2.75, 3.05) is 0 Å². The van der Waals surface area contributed by atoms with Gasteiger partial charge in [0.15, 0.2) is 0 Å².